The van der Waals surface area contributed by atoms with E-state index in [1.165, 1.54) is 61.5 Å². The van der Waals surface area contributed by atoms with Gasteiger partial charge in [-0.15, -0.1) is 0 Å². The molecule has 0 fully saturated rings. The Kier molecular flexibility index (Phi) is 10.00. The summed E-state index contributed by atoms with van der Waals surface area (Å²) in [6, 6.07) is 15.1. The zero-order valence-corrected chi connectivity index (χ0v) is 22.8. The number of nitrogens with one attached hydrogen (secondary N) is 1. The number of likely N-dealkylation sites (N-methyl/N-ethyl adjacent to an activating group) is 1. The number of amides is 2. The summed E-state index contributed by atoms with van der Waals surface area (Å²) in [6.07, 6.45) is 0. The maximum Gasteiger partial charge on any atom is 0.264 e. The number of halogens is 2. The monoisotopic (exact) mass is 559 g/mol. The van der Waals surface area contributed by atoms with Gasteiger partial charge >= 0.3 is 0 Å². The highest BCUT2D eigenvalue weighted by Gasteiger charge is 2.32. The van der Waals surface area contributed by atoms with Crippen LogP contribution in [0.15, 0.2) is 77.7 Å². The summed E-state index contributed by atoms with van der Waals surface area (Å²) < 4.78 is 61.9. The number of carbonyl (C=O) groups excluding carboxylic acids is 2. The van der Waals surface area contributed by atoms with Crippen molar-refractivity contribution in [2.75, 3.05) is 24.0 Å². The first-order valence-electron chi connectivity index (χ1n) is 12.4. The molecule has 3 aromatic rings. The average molecular weight is 560 g/mol. The Hall–Kier alpha value is -3.99. The minimum absolute atomic E-state index is 0.0372. The molecular formula is C28H31F2N3O5S. The molecule has 0 bridgehead atoms. The highest BCUT2D eigenvalue weighted by atomic mass is 32.2. The highest BCUT2D eigenvalue weighted by Crippen LogP contribution is 2.26. The van der Waals surface area contributed by atoms with Crippen LogP contribution in [0.1, 0.15) is 26.3 Å². The Bertz CT molecular complexity index is 1380. The van der Waals surface area contributed by atoms with Gasteiger partial charge in [-0.3, -0.25) is 13.9 Å². The molecular weight excluding hydrogens is 528 g/mol. The quantitative estimate of drug-likeness (QED) is 0.360. The van der Waals surface area contributed by atoms with Gasteiger partial charge in [0.1, 0.15) is 30.0 Å². The molecule has 0 saturated carbocycles. The molecule has 2 amide bonds. The molecule has 0 aliphatic heterocycles. The van der Waals surface area contributed by atoms with E-state index in [-0.39, 0.29) is 22.7 Å². The molecule has 1 atom stereocenters. The topological polar surface area (TPSA) is 96.0 Å². The summed E-state index contributed by atoms with van der Waals surface area (Å²) in [5.74, 6) is -1.93. The van der Waals surface area contributed by atoms with Crippen molar-refractivity contribution in [2.24, 2.45) is 0 Å². The predicted octanol–water partition coefficient (Wildman–Crippen LogP) is 4.11. The first-order chi connectivity index (χ1) is 18.6. The van der Waals surface area contributed by atoms with E-state index in [2.05, 4.69) is 5.32 Å². The van der Waals surface area contributed by atoms with Crippen molar-refractivity contribution in [3.63, 3.8) is 0 Å². The standard InChI is InChI=1S/C28H31F2N3O5S/c1-4-31-28(35)20(3)32(18-21-8-6-7-9-26(21)30)27(34)19-33(23-12-10-22(29)11-13-23)39(36,37)25-16-14-24(15-17-25)38-5-2/h6-17,20H,4-5,18-19H2,1-3H3,(H,31,35). The second kappa shape index (κ2) is 13.2. The smallest absolute Gasteiger partial charge is 0.264 e. The van der Waals surface area contributed by atoms with Gasteiger partial charge < -0.3 is 15.0 Å². The average Bonchev–Trinajstić information content (AvgIpc) is 2.92. The minimum atomic E-state index is -4.33. The molecule has 0 saturated heterocycles. The third-order valence-corrected chi connectivity index (χ3v) is 7.72. The lowest BCUT2D eigenvalue weighted by molar-refractivity contribution is -0.139. The van der Waals surface area contributed by atoms with E-state index >= 15 is 0 Å². The molecule has 3 rings (SSSR count). The molecule has 208 valence electrons. The third kappa shape index (κ3) is 7.32. The number of anilines is 1. The molecule has 8 nitrogen and oxygen atoms in total. The lowest BCUT2D eigenvalue weighted by atomic mass is 10.1. The number of carbonyl (C=O) groups is 2. The summed E-state index contributed by atoms with van der Waals surface area (Å²) in [5, 5.41) is 2.63. The second-order valence-electron chi connectivity index (χ2n) is 8.58. The Morgan fingerprint density at radius 2 is 1.59 bits per heavy atom. The SMILES string of the molecule is CCNC(=O)C(C)N(Cc1ccccc1F)C(=O)CN(c1ccc(F)cc1)S(=O)(=O)c1ccc(OCC)cc1. The number of sulfonamides is 1. The molecule has 1 N–H and O–H groups in total. The van der Waals surface area contributed by atoms with E-state index in [9.17, 15) is 26.8 Å². The molecule has 39 heavy (non-hydrogen) atoms. The van der Waals surface area contributed by atoms with Crippen LogP contribution >= 0.6 is 0 Å². The van der Waals surface area contributed by atoms with Crippen LogP contribution < -0.4 is 14.4 Å². The number of hydrogen-bond donors (Lipinski definition) is 1. The summed E-state index contributed by atoms with van der Waals surface area (Å²) in [4.78, 5) is 27.4. The van der Waals surface area contributed by atoms with Crippen molar-refractivity contribution in [3.8, 4) is 5.75 Å². The van der Waals surface area contributed by atoms with E-state index in [4.69, 9.17) is 4.74 Å². The fourth-order valence-corrected chi connectivity index (χ4v) is 5.27. The lowest BCUT2D eigenvalue weighted by Crippen LogP contribution is -2.51. The van der Waals surface area contributed by atoms with Gasteiger partial charge in [0.15, 0.2) is 0 Å². The minimum Gasteiger partial charge on any atom is -0.494 e. The summed E-state index contributed by atoms with van der Waals surface area (Å²) in [6.45, 7) is 4.69. The van der Waals surface area contributed by atoms with Gasteiger partial charge in [0.25, 0.3) is 10.0 Å². The van der Waals surface area contributed by atoms with Crippen molar-refractivity contribution < 1.29 is 31.5 Å². The van der Waals surface area contributed by atoms with Gasteiger partial charge in [0, 0.05) is 18.7 Å². The molecule has 0 spiro atoms. The van der Waals surface area contributed by atoms with E-state index in [1.54, 1.807) is 19.9 Å². The van der Waals surface area contributed by atoms with Crippen LogP contribution in [0.25, 0.3) is 0 Å². The normalized spacial score (nSPS) is 11.9. The third-order valence-electron chi connectivity index (χ3n) is 5.93. The van der Waals surface area contributed by atoms with Crippen molar-refractivity contribution in [1.29, 1.82) is 0 Å². The van der Waals surface area contributed by atoms with Gasteiger partial charge in [-0.1, -0.05) is 18.2 Å². The van der Waals surface area contributed by atoms with E-state index in [1.807, 2.05) is 0 Å². The number of nitrogens with zero attached hydrogens (tertiary/aromatic N) is 2. The molecule has 0 aliphatic rings. The molecule has 0 radical (unpaired) electrons. The van der Waals surface area contributed by atoms with Crippen molar-refractivity contribution in [3.05, 3.63) is 90.0 Å². The fourth-order valence-electron chi connectivity index (χ4n) is 3.85. The largest absolute Gasteiger partial charge is 0.494 e. The van der Waals surface area contributed by atoms with E-state index in [0.29, 0.717) is 18.9 Å². The van der Waals surface area contributed by atoms with Crippen molar-refractivity contribution in [2.45, 2.75) is 38.3 Å². The lowest BCUT2D eigenvalue weighted by Gasteiger charge is -2.32. The van der Waals surface area contributed by atoms with Crippen molar-refractivity contribution >= 4 is 27.5 Å². The molecule has 0 aromatic heterocycles. The molecule has 3 aromatic carbocycles. The number of hydrogen-bond acceptors (Lipinski definition) is 5. The number of ether oxygens (including phenoxy) is 1. The van der Waals surface area contributed by atoms with Crippen LogP contribution in [-0.2, 0) is 26.2 Å². The van der Waals surface area contributed by atoms with Gasteiger partial charge in [-0.25, -0.2) is 17.2 Å². The Morgan fingerprint density at radius 1 is 0.949 bits per heavy atom. The zero-order valence-electron chi connectivity index (χ0n) is 21.9. The van der Waals surface area contributed by atoms with Crippen LogP contribution in [-0.4, -0.2) is 50.9 Å². The number of benzene rings is 3. The van der Waals surface area contributed by atoms with Gasteiger partial charge in [0.2, 0.25) is 11.8 Å². The maximum absolute atomic E-state index is 14.5. The zero-order chi connectivity index (χ0) is 28.6. The second-order valence-corrected chi connectivity index (χ2v) is 10.4. The van der Waals surface area contributed by atoms with Gasteiger partial charge in [0.05, 0.1) is 17.2 Å². The Labute approximate surface area is 227 Å². The van der Waals surface area contributed by atoms with Crippen LogP contribution in [0.5, 0.6) is 5.75 Å². The maximum atomic E-state index is 14.5. The summed E-state index contributed by atoms with van der Waals surface area (Å²) >= 11 is 0. The Balaban J connectivity index is 2.02. The summed E-state index contributed by atoms with van der Waals surface area (Å²) in [5.41, 5.74) is 0.194. The van der Waals surface area contributed by atoms with Crippen molar-refractivity contribution in [1.82, 2.24) is 10.2 Å². The van der Waals surface area contributed by atoms with Crippen LogP contribution in [0.4, 0.5) is 14.5 Å². The fraction of sp³-hybridized carbons (Fsp3) is 0.286. The summed E-state index contributed by atoms with van der Waals surface area (Å²) in [7, 11) is -4.33. The van der Waals surface area contributed by atoms with E-state index in [0.717, 1.165) is 21.3 Å². The molecule has 0 heterocycles. The highest BCUT2D eigenvalue weighted by molar-refractivity contribution is 7.92. The molecule has 1 unspecified atom stereocenters. The first-order valence-corrected chi connectivity index (χ1v) is 13.8. The Morgan fingerprint density at radius 3 is 2.18 bits per heavy atom. The van der Waals surface area contributed by atoms with Crippen LogP contribution in [0.3, 0.4) is 0 Å². The van der Waals surface area contributed by atoms with Gasteiger partial charge in [-0.05, 0) is 75.4 Å². The van der Waals surface area contributed by atoms with E-state index < -0.39 is 46.1 Å². The predicted molar refractivity (Wildman–Crippen MR) is 144 cm³/mol. The molecule has 11 heteroatoms. The first kappa shape index (κ1) is 29.6. The van der Waals surface area contributed by atoms with Gasteiger partial charge in [-0.2, -0.15) is 0 Å². The molecule has 0 aliphatic carbocycles. The number of rotatable bonds is 12. The van der Waals surface area contributed by atoms with Crippen LogP contribution in [0, 0.1) is 11.6 Å². The van der Waals surface area contributed by atoms with Crippen LogP contribution in [0.2, 0.25) is 0 Å².